The number of hydrogen-bond acceptors (Lipinski definition) is 5. The highest BCUT2D eigenvalue weighted by molar-refractivity contribution is 5.79. The van der Waals surface area contributed by atoms with Gasteiger partial charge in [-0.1, -0.05) is 0 Å². The number of esters is 1. The van der Waals surface area contributed by atoms with E-state index >= 15 is 0 Å². The Morgan fingerprint density at radius 2 is 2.23 bits per heavy atom. The summed E-state index contributed by atoms with van der Waals surface area (Å²) in [6.07, 6.45) is -3.97. The number of aliphatic hydroxyl groups is 3. The zero-order chi connectivity index (χ0) is 10.9. The van der Waals surface area contributed by atoms with E-state index < -0.39 is 30.2 Å². The first-order valence-electron chi connectivity index (χ1n) is 4.60. The highest BCUT2D eigenvalue weighted by atomic mass is 16.5. The molecule has 5 nitrogen and oxygen atoms in total. The van der Waals surface area contributed by atoms with Gasteiger partial charge >= 0.3 is 5.97 Å². The van der Waals surface area contributed by atoms with E-state index in [4.69, 9.17) is 1.37 Å². The molecule has 1 rings (SSSR count). The molecule has 0 aromatic rings. The molecule has 1 fully saturated rings. The lowest BCUT2D eigenvalue weighted by Crippen LogP contribution is -2.50. The van der Waals surface area contributed by atoms with E-state index in [-0.39, 0.29) is 12.8 Å². The number of hydrogen-bond donors (Lipinski definition) is 3. The summed E-state index contributed by atoms with van der Waals surface area (Å²) in [5.74, 6) is -0.941. The summed E-state index contributed by atoms with van der Waals surface area (Å²) >= 11 is 0. The summed E-state index contributed by atoms with van der Waals surface area (Å²) in [5.41, 5.74) is -2.01. The summed E-state index contributed by atoms with van der Waals surface area (Å²) in [5, 5.41) is 28.3. The monoisotopic (exact) mass is 191 g/mol. The average molecular weight is 191 g/mol. The number of ether oxygens (including phenoxy) is 1. The number of aliphatic hydroxyl groups excluding tert-OH is 2. The number of rotatable bonds is 1. The molecular formula is C8H14O5. The van der Waals surface area contributed by atoms with Crippen molar-refractivity contribution >= 4 is 5.97 Å². The lowest BCUT2D eigenvalue weighted by molar-refractivity contribution is -0.175. The summed E-state index contributed by atoms with van der Waals surface area (Å²) in [6.45, 7) is 0. The van der Waals surface area contributed by atoms with Crippen LogP contribution in [0.3, 0.4) is 0 Å². The molecule has 1 saturated carbocycles. The van der Waals surface area contributed by atoms with Gasteiger partial charge in [0.15, 0.2) is 5.60 Å². The first-order chi connectivity index (χ1) is 6.43. The van der Waals surface area contributed by atoms with Gasteiger partial charge in [-0.3, -0.25) is 0 Å². The van der Waals surface area contributed by atoms with Gasteiger partial charge in [-0.25, -0.2) is 4.79 Å². The van der Waals surface area contributed by atoms with Crippen molar-refractivity contribution < 1.29 is 26.2 Å². The fourth-order valence-electron chi connectivity index (χ4n) is 1.36. The fourth-order valence-corrected chi connectivity index (χ4v) is 1.36. The van der Waals surface area contributed by atoms with Crippen LogP contribution < -0.4 is 0 Å². The molecule has 0 amide bonds. The first-order valence-corrected chi connectivity index (χ1v) is 4.02. The molecule has 1 aliphatic rings. The molecule has 3 N–H and O–H groups in total. The molecule has 0 bridgehead atoms. The maximum absolute atomic E-state index is 11.2. The Balaban J connectivity index is 2.85. The van der Waals surface area contributed by atoms with Gasteiger partial charge < -0.3 is 20.1 Å². The molecule has 0 aromatic heterocycles. The van der Waals surface area contributed by atoms with Gasteiger partial charge in [-0.2, -0.15) is 0 Å². The number of methoxy groups -OCH3 is 1. The summed E-state index contributed by atoms with van der Waals surface area (Å²) in [4.78, 5) is 11.2. The minimum Gasteiger partial charge on any atom is -0.467 e. The van der Waals surface area contributed by atoms with E-state index in [1.54, 1.807) is 0 Å². The summed E-state index contributed by atoms with van der Waals surface area (Å²) < 4.78 is 11.8. The van der Waals surface area contributed by atoms with Crippen molar-refractivity contribution in [1.82, 2.24) is 0 Å². The third-order valence-corrected chi connectivity index (χ3v) is 2.20. The van der Waals surface area contributed by atoms with Crippen LogP contribution in [0.1, 0.15) is 20.6 Å². The minimum atomic E-state index is -2.01. The number of carbonyl (C=O) groups is 1. The highest BCUT2D eigenvalue weighted by Gasteiger charge is 2.44. The Labute approximate surface area is 77.4 Å². The van der Waals surface area contributed by atoms with Crippen LogP contribution in [0.4, 0.5) is 0 Å². The van der Waals surface area contributed by atoms with Crippen molar-refractivity contribution in [1.29, 1.82) is 0 Å². The molecule has 0 unspecified atom stereocenters. The van der Waals surface area contributed by atoms with Crippen LogP contribution in [0.15, 0.2) is 0 Å². The lowest BCUT2D eigenvalue weighted by Gasteiger charge is -2.34. The normalized spacial score (nSPS) is 46.8. The molecular weight excluding hydrogens is 176 g/mol. The smallest absolute Gasteiger partial charge is 0.337 e. The SMILES string of the molecule is [2H][C@@H]1[C@@H](O)[C@@H](O)CC[C@]1(O)C(=O)OC. The van der Waals surface area contributed by atoms with Gasteiger partial charge in [0.1, 0.15) is 0 Å². The third kappa shape index (κ3) is 1.99. The van der Waals surface area contributed by atoms with Crippen molar-refractivity contribution in [2.24, 2.45) is 0 Å². The van der Waals surface area contributed by atoms with Crippen LogP contribution in [-0.4, -0.2) is 46.2 Å². The molecule has 0 heterocycles. The van der Waals surface area contributed by atoms with Gasteiger partial charge in [-0.15, -0.1) is 0 Å². The molecule has 13 heavy (non-hydrogen) atoms. The van der Waals surface area contributed by atoms with E-state index in [1.807, 2.05) is 0 Å². The van der Waals surface area contributed by atoms with Crippen molar-refractivity contribution in [3.63, 3.8) is 0 Å². The van der Waals surface area contributed by atoms with Crippen LogP contribution in [0, 0.1) is 0 Å². The zero-order valence-corrected chi connectivity index (χ0v) is 7.30. The Bertz CT molecular complexity index is 234. The van der Waals surface area contributed by atoms with Gasteiger partial charge in [0.05, 0.1) is 19.3 Å². The van der Waals surface area contributed by atoms with E-state index in [9.17, 15) is 20.1 Å². The Hall–Kier alpha value is -0.650. The predicted molar refractivity (Wildman–Crippen MR) is 42.8 cm³/mol. The Kier molecular flexibility index (Phi) is 2.48. The Morgan fingerprint density at radius 3 is 2.77 bits per heavy atom. The molecule has 76 valence electrons. The Morgan fingerprint density at radius 1 is 1.62 bits per heavy atom. The summed E-state index contributed by atoms with van der Waals surface area (Å²) in [7, 11) is 1.10. The van der Waals surface area contributed by atoms with Crippen LogP contribution in [0.25, 0.3) is 0 Å². The number of carbonyl (C=O) groups excluding carboxylic acids is 1. The first kappa shape index (κ1) is 8.93. The second-order valence-electron chi connectivity index (χ2n) is 3.18. The molecule has 1 aliphatic carbocycles. The van der Waals surface area contributed by atoms with Crippen LogP contribution >= 0.6 is 0 Å². The van der Waals surface area contributed by atoms with Crippen LogP contribution in [-0.2, 0) is 9.53 Å². The molecule has 0 aromatic carbocycles. The van der Waals surface area contributed by atoms with Crippen LogP contribution in [0.5, 0.6) is 0 Å². The lowest BCUT2D eigenvalue weighted by atomic mass is 9.81. The van der Waals surface area contributed by atoms with Crippen molar-refractivity contribution in [2.45, 2.75) is 37.0 Å². The fraction of sp³-hybridized carbons (Fsp3) is 0.875. The van der Waals surface area contributed by atoms with Gasteiger partial charge in [0, 0.05) is 7.77 Å². The van der Waals surface area contributed by atoms with E-state index in [0.29, 0.717) is 0 Å². The third-order valence-electron chi connectivity index (χ3n) is 2.20. The quantitative estimate of drug-likeness (QED) is 0.453. The zero-order valence-electron chi connectivity index (χ0n) is 8.30. The second kappa shape index (κ2) is 3.61. The molecule has 0 aliphatic heterocycles. The molecule has 4 atom stereocenters. The predicted octanol–water partition coefficient (Wildman–Crippen LogP) is -1.20. The maximum Gasteiger partial charge on any atom is 0.337 e. The molecule has 5 heteroatoms. The second-order valence-corrected chi connectivity index (χ2v) is 3.18. The van der Waals surface area contributed by atoms with Gasteiger partial charge in [0.25, 0.3) is 0 Å². The molecule has 0 spiro atoms. The minimum absolute atomic E-state index is 0.0716. The topological polar surface area (TPSA) is 87.0 Å². The summed E-state index contributed by atoms with van der Waals surface area (Å²) in [6, 6.07) is 0. The molecule has 0 saturated heterocycles. The maximum atomic E-state index is 11.2. The van der Waals surface area contributed by atoms with Gasteiger partial charge in [0.2, 0.25) is 0 Å². The van der Waals surface area contributed by atoms with E-state index in [1.165, 1.54) is 0 Å². The standard InChI is InChI=1S/C8H14O5/c1-13-7(11)8(12)3-2-5(9)6(10)4-8/h5-6,9-10,12H,2-4H2,1H3/t5-,6+,8+/m0/s1/i4D/t4-,5+,6-,8-/m1. The van der Waals surface area contributed by atoms with Crippen LogP contribution in [0.2, 0.25) is 0 Å². The van der Waals surface area contributed by atoms with E-state index in [0.717, 1.165) is 7.11 Å². The average Bonchev–Trinajstić information content (AvgIpc) is 2.19. The van der Waals surface area contributed by atoms with Crippen molar-refractivity contribution in [3.8, 4) is 0 Å². The largest absolute Gasteiger partial charge is 0.467 e. The van der Waals surface area contributed by atoms with Crippen molar-refractivity contribution in [2.75, 3.05) is 7.11 Å². The molecule has 0 radical (unpaired) electrons. The van der Waals surface area contributed by atoms with E-state index in [2.05, 4.69) is 4.74 Å². The highest BCUT2D eigenvalue weighted by Crippen LogP contribution is 2.29. The van der Waals surface area contributed by atoms with Gasteiger partial charge in [-0.05, 0) is 12.8 Å². The van der Waals surface area contributed by atoms with Crippen molar-refractivity contribution in [3.05, 3.63) is 0 Å².